The van der Waals surface area contributed by atoms with Gasteiger partial charge in [-0.2, -0.15) is 0 Å². The molecule has 0 aliphatic carbocycles. The summed E-state index contributed by atoms with van der Waals surface area (Å²) >= 11 is 0. The van der Waals surface area contributed by atoms with Gasteiger partial charge in [-0.25, -0.2) is 14.9 Å². The van der Waals surface area contributed by atoms with E-state index in [0.29, 0.717) is 16.9 Å². The first kappa shape index (κ1) is 35.8. The molecule has 3 aromatic heterocycles. The number of carbonyl (C=O) groups is 2. The largest absolute Gasteiger partial charge is 0.473 e. The number of fused-ring (bicyclic) bond motifs is 9. The fraction of sp³-hybridized carbons (Fsp3) is 0.0189. The predicted molar refractivity (Wildman–Crippen MR) is 243 cm³/mol. The third-order valence-corrected chi connectivity index (χ3v) is 11.3. The molecule has 0 fully saturated rings. The number of H-pyrrole nitrogens is 2. The average Bonchev–Trinajstić information content (AvgIpc) is 4.18. The number of rotatable bonds is 7. The van der Waals surface area contributed by atoms with Gasteiger partial charge >= 0.3 is 0 Å². The Bertz CT molecular complexity index is 3200. The number of imide groups is 1. The Labute approximate surface area is 350 Å². The second-order valence-corrected chi connectivity index (χ2v) is 15.0. The van der Waals surface area contributed by atoms with Crippen molar-refractivity contribution in [2.24, 2.45) is 0 Å². The van der Waals surface area contributed by atoms with Crippen molar-refractivity contribution in [1.82, 2.24) is 24.8 Å². The van der Waals surface area contributed by atoms with Crippen molar-refractivity contribution in [3.8, 4) is 50.3 Å². The van der Waals surface area contributed by atoms with Crippen LogP contribution in [0.4, 0.5) is 0 Å². The molecule has 2 amide bonds. The molecule has 0 spiro atoms. The van der Waals surface area contributed by atoms with Crippen LogP contribution in [0, 0.1) is 0 Å². The number of benzene rings is 5. The van der Waals surface area contributed by atoms with Gasteiger partial charge in [0.15, 0.2) is 6.73 Å². The van der Waals surface area contributed by atoms with E-state index in [1.54, 1.807) is 24.3 Å². The fourth-order valence-electron chi connectivity index (χ4n) is 8.45. The lowest BCUT2D eigenvalue weighted by atomic mass is 10.0. The van der Waals surface area contributed by atoms with E-state index in [1.165, 1.54) is 0 Å². The zero-order chi connectivity index (χ0) is 40.9. The van der Waals surface area contributed by atoms with Crippen molar-refractivity contribution in [3.05, 3.63) is 198 Å². The number of nitrogens with zero attached hydrogens (tertiary/aromatic N) is 3. The average molecular weight is 790 g/mol. The van der Waals surface area contributed by atoms with E-state index in [0.717, 1.165) is 94.3 Å². The topological polar surface area (TPSA) is 104 Å². The molecule has 61 heavy (non-hydrogen) atoms. The van der Waals surface area contributed by atoms with Gasteiger partial charge in [-0.15, -0.1) is 0 Å². The Morgan fingerprint density at radius 2 is 0.721 bits per heavy atom. The van der Waals surface area contributed by atoms with E-state index in [4.69, 9.17) is 14.7 Å². The Hall–Kier alpha value is -8.36. The van der Waals surface area contributed by atoms with Crippen LogP contribution < -0.4 is 4.74 Å². The van der Waals surface area contributed by atoms with Crippen molar-refractivity contribution in [1.29, 1.82) is 0 Å². The van der Waals surface area contributed by atoms with Gasteiger partial charge in [-0.05, 0) is 95.1 Å². The van der Waals surface area contributed by atoms with Gasteiger partial charge in [-0.3, -0.25) is 9.59 Å². The second kappa shape index (κ2) is 14.8. The van der Waals surface area contributed by atoms with Crippen molar-refractivity contribution >= 4 is 58.2 Å². The van der Waals surface area contributed by atoms with Gasteiger partial charge in [0.05, 0.1) is 33.9 Å². The second-order valence-electron chi connectivity index (χ2n) is 15.0. The fourth-order valence-corrected chi connectivity index (χ4v) is 8.45. The zero-order valence-corrected chi connectivity index (χ0v) is 32.7. The molecule has 6 heterocycles. The van der Waals surface area contributed by atoms with Crippen molar-refractivity contribution in [2.45, 2.75) is 0 Å². The van der Waals surface area contributed by atoms with Crippen molar-refractivity contribution in [3.63, 3.8) is 0 Å². The van der Waals surface area contributed by atoms with Crippen molar-refractivity contribution in [2.75, 3.05) is 6.73 Å². The third kappa shape index (κ3) is 6.34. The summed E-state index contributed by atoms with van der Waals surface area (Å²) in [6, 6.07) is 54.0. The lowest BCUT2D eigenvalue weighted by Crippen LogP contribution is -2.33. The Morgan fingerprint density at radius 1 is 0.393 bits per heavy atom. The standard InChI is InChI=1S/C53H35N5O3/c59-52-38-18-10-11-19-39(38)53(60)58(52)32-61-37-22-20-36(21-23-37)51-46-30-28-44(56-46)49(34-14-6-2-7-15-34)42-26-24-40(54-42)48(33-12-4-1-5-13-33)41-25-27-43(55-41)50(35-16-8-3-9-17-35)45-29-31-47(51)57-45/h1-31,54,57H,32H2. The maximum absolute atomic E-state index is 13.0. The highest BCUT2D eigenvalue weighted by Crippen LogP contribution is 2.38. The summed E-state index contributed by atoms with van der Waals surface area (Å²) in [7, 11) is 0. The molecule has 8 aromatic rings. The molecule has 8 bridgehead atoms. The minimum absolute atomic E-state index is 0.200. The molecule has 0 saturated carbocycles. The molecular weight excluding hydrogens is 755 g/mol. The predicted octanol–water partition coefficient (Wildman–Crippen LogP) is 12.0. The van der Waals surface area contributed by atoms with E-state index in [-0.39, 0.29) is 18.5 Å². The molecule has 11 rings (SSSR count). The normalized spacial score (nSPS) is 12.9. The Morgan fingerprint density at radius 3 is 1.08 bits per heavy atom. The maximum Gasteiger partial charge on any atom is 0.264 e. The number of amides is 2. The molecule has 0 atom stereocenters. The van der Waals surface area contributed by atoms with Gasteiger partial charge < -0.3 is 14.7 Å². The number of hydrogen-bond acceptors (Lipinski definition) is 5. The minimum atomic E-state index is -0.365. The summed E-state index contributed by atoms with van der Waals surface area (Å²) in [6.45, 7) is -0.200. The van der Waals surface area contributed by atoms with Crippen LogP contribution in [0.3, 0.4) is 0 Å². The lowest BCUT2D eigenvalue weighted by Gasteiger charge is -2.15. The summed E-state index contributed by atoms with van der Waals surface area (Å²) in [5, 5.41) is 0. The van der Waals surface area contributed by atoms with Crippen LogP contribution in [0.15, 0.2) is 164 Å². The van der Waals surface area contributed by atoms with Crippen LogP contribution in [0.1, 0.15) is 43.5 Å². The van der Waals surface area contributed by atoms with Crippen molar-refractivity contribution < 1.29 is 14.3 Å². The highest BCUT2D eigenvalue weighted by molar-refractivity contribution is 6.21. The van der Waals surface area contributed by atoms with Gasteiger partial charge in [-0.1, -0.05) is 115 Å². The van der Waals surface area contributed by atoms with E-state index in [9.17, 15) is 9.59 Å². The summed E-state index contributed by atoms with van der Waals surface area (Å²) in [5.74, 6) is -0.211. The number of nitrogens with one attached hydrogen (secondary N) is 2. The van der Waals surface area contributed by atoms with Crippen LogP contribution in [0.2, 0.25) is 0 Å². The lowest BCUT2D eigenvalue weighted by molar-refractivity contribution is 0.0522. The van der Waals surface area contributed by atoms with E-state index in [1.807, 2.05) is 66.7 Å². The number of ether oxygens (including phenoxy) is 1. The third-order valence-electron chi connectivity index (χ3n) is 11.3. The summed E-state index contributed by atoms with van der Waals surface area (Å²) < 4.78 is 6.04. The van der Waals surface area contributed by atoms with E-state index in [2.05, 4.69) is 107 Å². The molecule has 0 unspecified atom stereocenters. The van der Waals surface area contributed by atoms with E-state index >= 15 is 0 Å². The molecule has 5 aromatic carbocycles. The summed E-state index contributed by atoms with van der Waals surface area (Å²) in [6.07, 6.45) is 8.34. The monoisotopic (exact) mass is 789 g/mol. The van der Waals surface area contributed by atoms with Gasteiger partial charge in [0.1, 0.15) is 5.75 Å². The molecule has 0 radical (unpaired) electrons. The molecule has 0 saturated heterocycles. The highest BCUT2D eigenvalue weighted by atomic mass is 16.5. The number of aromatic amines is 2. The molecule has 8 heteroatoms. The van der Waals surface area contributed by atoms with Crippen LogP contribution in [0.5, 0.6) is 5.75 Å². The maximum atomic E-state index is 13.0. The summed E-state index contributed by atoms with van der Waals surface area (Å²) in [4.78, 5) is 45.5. The molecule has 3 aliphatic heterocycles. The molecule has 290 valence electrons. The van der Waals surface area contributed by atoms with Crippen LogP contribution >= 0.6 is 0 Å². The van der Waals surface area contributed by atoms with Crippen LogP contribution in [-0.2, 0) is 0 Å². The smallest absolute Gasteiger partial charge is 0.264 e. The minimum Gasteiger partial charge on any atom is -0.473 e. The molecule has 2 N–H and O–H groups in total. The number of hydrogen-bond donors (Lipinski definition) is 2. The first-order chi connectivity index (χ1) is 30.1. The zero-order valence-electron chi connectivity index (χ0n) is 32.7. The molecule has 8 nitrogen and oxygen atoms in total. The Kier molecular flexibility index (Phi) is 8.67. The van der Waals surface area contributed by atoms with Gasteiger partial charge in [0, 0.05) is 44.3 Å². The Balaban J connectivity index is 1.13. The number of aromatic nitrogens is 4. The molecule has 3 aliphatic rings. The SMILES string of the molecule is O=C1c2ccccc2C(=O)N1COc1ccc(-c2c3nc(c(-c4ccccc4)c4ccc([nH]4)c(-c4ccccc4)c4nc(c(-c5ccccc5)c5ccc2[nH]5)C=C4)C=C3)cc1. The van der Waals surface area contributed by atoms with Crippen LogP contribution in [-0.4, -0.2) is 43.4 Å². The van der Waals surface area contributed by atoms with E-state index < -0.39 is 0 Å². The van der Waals surface area contributed by atoms with Gasteiger partial charge in [0.25, 0.3) is 11.8 Å². The highest BCUT2D eigenvalue weighted by Gasteiger charge is 2.35. The van der Waals surface area contributed by atoms with Crippen LogP contribution in [0.25, 0.3) is 90.9 Å². The molecular formula is C53H35N5O3. The van der Waals surface area contributed by atoms with Gasteiger partial charge in [0.2, 0.25) is 0 Å². The first-order valence-corrected chi connectivity index (χ1v) is 20.1. The quantitative estimate of drug-likeness (QED) is 0.157. The summed E-state index contributed by atoms with van der Waals surface area (Å²) in [5.41, 5.74) is 15.5. The first-order valence-electron chi connectivity index (χ1n) is 20.1. The number of carbonyl (C=O) groups excluding carboxylic acids is 2.